The summed E-state index contributed by atoms with van der Waals surface area (Å²) in [5.74, 6) is 0.706. The Bertz CT molecular complexity index is 684. The van der Waals surface area contributed by atoms with E-state index in [1.807, 2.05) is 43.3 Å². The fourth-order valence-corrected chi connectivity index (χ4v) is 2.46. The van der Waals surface area contributed by atoms with Crippen LogP contribution in [0.1, 0.15) is 34.8 Å². The third kappa shape index (κ3) is 5.50. The van der Waals surface area contributed by atoms with Crippen LogP contribution in [0, 0.1) is 6.92 Å². The maximum atomic E-state index is 12.1. The van der Waals surface area contributed by atoms with E-state index in [1.165, 1.54) is 0 Å². The van der Waals surface area contributed by atoms with Gasteiger partial charge in [-0.1, -0.05) is 25.1 Å². The van der Waals surface area contributed by atoms with E-state index in [1.54, 1.807) is 6.07 Å². The molecule has 5 heteroatoms. The number of rotatable bonds is 9. The van der Waals surface area contributed by atoms with Gasteiger partial charge in [0.1, 0.15) is 5.75 Å². The van der Waals surface area contributed by atoms with Gasteiger partial charge in [0.15, 0.2) is 0 Å². The summed E-state index contributed by atoms with van der Waals surface area (Å²) in [7, 11) is 0. The number of aliphatic hydroxyl groups excluding tert-OH is 1. The summed E-state index contributed by atoms with van der Waals surface area (Å²) >= 11 is 0. The van der Waals surface area contributed by atoms with Crippen molar-refractivity contribution in [2.45, 2.75) is 26.8 Å². The lowest BCUT2D eigenvalue weighted by molar-refractivity contribution is 0.0944. The largest absolute Gasteiger partial charge is 0.494 e. The van der Waals surface area contributed by atoms with Crippen molar-refractivity contribution in [2.24, 2.45) is 0 Å². The van der Waals surface area contributed by atoms with E-state index in [0.29, 0.717) is 12.1 Å². The summed E-state index contributed by atoms with van der Waals surface area (Å²) in [4.78, 5) is 12.1. The highest BCUT2D eigenvalue weighted by Crippen LogP contribution is 2.20. The van der Waals surface area contributed by atoms with Gasteiger partial charge in [0.2, 0.25) is 0 Å². The molecular formula is C20H26N2O3. The van der Waals surface area contributed by atoms with E-state index < -0.39 is 0 Å². The molecule has 0 aromatic heterocycles. The Hall–Kier alpha value is -2.53. The monoisotopic (exact) mass is 342 g/mol. The average molecular weight is 342 g/mol. The van der Waals surface area contributed by atoms with Crippen LogP contribution in [0.5, 0.6) is 5.75 Å². The topological polar surface area (TPSA) is 70.6 Å². The number of carbonyl (C=O) groups is 1. The number of ether oxygens (including phenoxy) is 1. The number of aliphatic hydroxyl groups is 1. The predicted octanol–water partition coefficient (Wildman–Crippen LogP) is 3.12. The quantitative estimate of drug-likeness (QED) is 0.655. The van der Waals surface area contributed by atoms with Gasteiger partial charge < -0.3 is 20.5 Å². The van der Waals surface area contributed by atoms with Crippen LogP contribution in [-0.2, 0) is 6.54 Å². The zero-order valence-electron chi connectivity index (χ0n) is 14.8. The molecule has 0 atom stereocenters. The summed E-state index contributed by atoms with van der Waals surface area (Å²) in [5, 5.41) is 14.9. The molecule has 2 aromatic carbocycles. The molecule has 0 spiro atoms. The third-order valence-corrected chi connectivity index (χ3v) is 3.85. The van der Waals surface area contributed by atoms with Gasteiger partial charge in [0, 0.05) is 24.3 Å². The minimum Gasteiger partial charge on any atom is -0.494 e. The average Bonchev–Trinajstić information content (AvgIpc) is 2.64. The van der Waals surface area contributed by atoms with E-state index in [4.69, 9.17) is 9.84 Å². The molecule has 0 unspecified atom stereocenters. The number of benzene rings is 2. The first kappa shape index (κ1) is 18.8. The van der Waals surface area contributed by atoms with Gasteiger partial charge in [-0.3, -0.25) is 4.79 Å². The molecule has 0 radical (unpaired) electrons. The van der Waals surface area contributed by atoms with E-state index in [-0.39, 0.29) is 19.1 Å². The van der Waals surface area contributed by atoms with Crippen LogP contribution in [0.4, 0.5) is 5.69 Å². The lowest BCUT2D eigenvalue weighted by Crippen LogP contribution is -2.27. The minimum absolute atomic E-state index is 0.0688. The molecule has 0 aliphatic rings. The first-order valence-electron chi connectivity index (χ1n) is 8.60. The Morgan fingerprint density at radius 2 is 1.92 bits per heavy atom. The third-order valence-electron chi connectivity index (χ3n) is 3.85. The molecule has 2 rings (SSSR count). The van der Waals surface area contributed by atoms with Crippen molar-refractivity contribution in [3.63, 3.8) is 0 Å². The van der Waals surface area contributed by atoms with Crippen LogP contribution in [0.25, 0.3) is 0 Å². The highest BCUT2D eigenvalue weighted by atomic mass is 16.5. The molecule has 0 heterocycles. The molecule has 2 aromatic rings. The summed E-state index contributed by atoms with van der Waals surface area (Å²) < 4.78 is 5.58. The highest BCUT2D eigenvalue weighted by molar-refractivity contribution is 5.97. The van der Waals surface area contributed by atoms with Crippen molar-refractivity contribution in [1.82, 2.24) is 5.32 Å². The first-order valence-corrected chi connectivity index (χ1v) is 8.60. The Kier molecular flexibility index (Phi) is 7.29. The van der Waals surface area contributed by atoms with Crippen LogP contribution < -0.4 is 15.4 Å². The van der Waals surface area contributed by atoms with Gasteiger partial charge in [-0.2, -0.15) is 0 Å². The zero-order valence-corrected chi connectivity index (χ0v) is 14.8. The van der Waals surface area contributed by atoms with E-state index in [9.17, 15) is 4.79 Å². The maximum Gasteiger partial charge on any atom is 0.251 e. The van der Waals surface area contributed by atoms with Crippen LogP contribution in [0.2, 0.25) is 0 Å². The van der Waals surface area contributed by atoms with Gasteiger partial charge in [-0.05, 0) is 48.7 Å². The molecule has 0 fully saturated rings. The SMILES string of the molecule is CCCOc1ccc(CNc2cccc(C(=O)NCCO)c2C)cc1. The smallest absolute Gasteiger partial charge is 0.251 e. The minimum atomic E-state index is -0.173. The van der Waals surface area contributed by atoms with Crippen molar-refractivity contribution < 1.29 is 14.6 Å². The molecule has 0 bridgehead atoms. The second-order valence-corrected chi connectivity index (χ2v) is 5.80. The maximum absolute atomic E-state index is 12.1. The molecule has 1 amide bonds. The Balaban J connectivity index is 1.99. The lowest BCUT2D eigenvalue weighted by Gasteiger charge is -2.13. The number of amides is 1. The van der Waals surface area contributed by atoms with Crippen molar-refractivity contribution in [3.05, 3.63) is 59.2 Å². The van der Waals surface area contributed by atoms with Gasteiger partial charge >= 0.3 is 0 Å². The summed E-state index contributed by atoms with van der Waals surface area (Å²) in [6.07, 6.45) is 0.991. The van der Waals surface area contributed by atoms with Gasteiger partial charge in [0.05, 0.1) is 13.2 Å². The molecule has 3 N–H and O–H groups in total. The summed E-state index contributed by atoms with van der Waals surface area (Å²) in [6, 6.07) is 13.6. The van der Waals surface area contributed by atoms with Crippen LogP contribution in [0.15, 0.2) is 42.5 Å². The highest BCUT2D eigenvalue weighted by Gasteiger charge is 2.11. The molecule has 0 saturated carbocycles. The van der Waals surface area contributed by atoms with Crippen LogP contribution in [0.3, 0.4) is 0 Å². The Morgan fingerprint density at radius 1 is 1.16 bits per heavy atom. The number of hydrogen-bond donors (Lipinski definition) is 3. The van der Waals surface area contributed by atoms with Gasteiger partial charge in [-0.15, -0.1) is 0 Å². The second-order valence-electron chi connectivity index (χ2n) is 5.80. The predicted molar refractivity (Wildman–Crippen MR) is 100 cm³/mol. The van der Waals surface area contributed by atoms with Gasteiger partial charge in [-0.25, -0.2) is 0 Å². The zero-order chi connectivity index (χ0) is 18.1. The number of nitrogens with one attached hydrogen (secondary N) is 2. The van der Waals surface area contributed by atoms with E-state index in [2.05, 4.69) is 17.6 Å². The second kappa shape index (κ2) is 9.69. The number of anilines is 1. The molecule has 0 saturated heterocycles. The Labute approximate surface area is 149 Å². The van der Waals surface area contributed by atoms with Crippen molar-refractivity contribution in [1.29, 1.82) is 0 Å². The molecule has 134 valence electrons. The number of carbonyl (C=O) groups excluding carboxylic acids is 1. The van der Waals surface area contributed by atoms with Crippen molar-refractivity contribution in [2.75, 3.05) is 25.1 Å². The molecule has 0 aliphatic carbocycles. The van der Waals surface area contributed by atoms with Gasteiger partial charge in [0.25, 0.3) is 5.91 Å². The first-order chi connectivity index (χ1) is 12.2. The van der Waals surface area contributed by atoms with E-state index in [0.717, 1.165) is 35.6 Å². The van der Waals surface area contributed by atoms with Crippen molar-refractivity contribution in [3.8, 4) is 5.75 Å². The normalized spacial score (nSPS) is 10.4. The van der Waals surface area contributed by atoms with Crippen LogP contribution in [-0.4, -0.2) is 30.8 Å². The summed E-state index contributed by atoms with van der Waals surface area (Å²) in [6.45, 7) is 5.57. The lowest BCUT2D eigenvalue weighted by atomic mass is 10.1. The number of hydrogen-bond acceptors (Lipinski definition) is 4. The molecule has 25 heavy (non-hydrogen) atoms. The standard InChI is InChI=1S/C20H26N2O3/c1-3-13-25-17-9-7-16(8-10-17)14-22-19-6-4-5-18(15(19)2)20(24)21-11-12-23/h4-10,22-23H,3,11-14H2,1-2H3,(H,21,24). The Morgan fingerprint density at radius 3 is 2.60 bits per heavy atom. The van der Waals surface area contributed by atoms with E-state index >= 15 is 0 Å². The van der Waals surface area contributed by atoms with Crippen LogP contribution >= 0.6 is 0 Å². The fraction of sp³-hybridized carbons (Fsp3) is 0.350. The molecule has 0 aliphatic heterocycles. The molecular weight excluding hydrogens is 316 g/mol. The van der Waals surface area contributed by atoms with Crippen molar-refractivity contribution >= 4 is 11.6 Å². The summed E-state index contributed by atoms with van der Waals surface area (Å²) in [5.41, 5.74) is 3.56. The fourth-order valence-electron chi connectivity index (χ4n) is 2.46. The molecule has 5 nitrogen and oxygen atoms in total.